The van der Waals surface area contributed by atoms with E-state index in [9.17, 15) is 9.59 Å². The minimum atomic E-state index is -0.862. The van der Waals surface area contributed by atoms with Crippen molar-refractivity contribution < 1.29 is 19.1 Å². The first-order valence-corrected chi connectivity index (χ1v) is 5.79. The number of benzene rings is 1. The number of unbranched alkanes of at least 4 members (excludes halogenated alkanes) is 1. The summed E-state index contributed by atoms with van der Waals surface area (Å²) in [6.45, 7) is 2.25. The molecule has 0 aromatic heterocycles. The Morgan fingerprint density at radius 3 is 2.44 bits per heavy atom. The number of nitrogens with one attached hydrogen (secondary N) is 1. The van der Waals surface area contributed by atoms with E-state index in [4.69, 9.17) is 9.47 Å². The van der Waals surface area contributed by atoms with E-state index in [-0.39, 0.29) is 6.61 Å². The maximum atomic E-state index is 11.4. The maximum Gasteiger partial charge on any atom is 0.397 e. The van der Waals surface area contributed by atoms with Crippen molar-refractivity contribution in [3.05, 3.63) is 24.3 Å². The lowest BCUT2D eigenvalue weighted by molar-refractivity contribution is -0.152. The number of methoxy groups -OCH3 is 1. The van der Waals surface area contributed by atoms with Gasteiger partial charge >= 0.3 is 11.9 Å². The van der Waals surface area contributed by atoms with E-state index in [0.29, 0.717) is 11.4 Å². The van der Waals surface area contributed by atoms with Gasteiger partial charge in [-0.25, -0.2) is 4.79 Å². The van der Waals surface area contributed by atoms with Crippen molar-refractivity contribution >= 4 is 17.6 Å². The number of rotatable bonds is 5. The van der Waals surface area contributed by atoms with Gasteiger partial charge < -0.3 is 14.8 Å². The molecule has 1 amide bonds. The van der Waals surface area contributed by atoms with E-state index in [1.54, 1.807) is 31.4 Å². The monoisotopic (exact) mass is 251 g/mol. The molecule has 0 atom stereocenters. The molecule has 0 saturated heterocycles. The van der Waals surface area contributed by atoms with E-state index in [1.807, 2.05) is 6.92 Å². The van der Waals surface area contributed by atoms with Crippen LogP contribution in [0.1, 0.15) is 19.8 Å². The Morgan fingerprint density at radius 2 is 1.89 bits per heavy atom. The van der Waals surface area contributed by atoms with Gasteiger partial charge in [0.25, 0.3) is 0 Å². The predicted molar refractivity (Wildman–Crippen MR) is 67.5 cm³/mol. The molecule has 0 bridgehead atoms. The first-order valence-electron chi connectivity index (χ1n) is 5.79. The van der Waals surface area contributed by atoms with E-state index < -0.39 is 11.9 Å². The topological polar surface area (TPSA) is 64.6 Å². The van der Waals surface area contributed by atoms with Crippen LogP contribution in [-0.2, 0) is 14.3 Å². The highest BCUT2D eigenvalue weighted by Crippen LogP contribution is 2.14. The zero-order valence-corrected chi connectivity index (χ0v) is 10.6. The van der Waals surface area contributed by atoms with E-state index in [2.05, 4.69) is 5.32 Å². The van der Waals surface area contributed by atoms with Crippen LogP contribution in [0.3, 0.4) is 0 Å². The van der Waals surface area contributed by atoms with Gasteiger partial charge in [-0.2, -0.15) is 0 Å². The SMILES string of the molecule is CCCCOC(=O)C(=O)Nc1ccc(OC)cc1. The molecular weight excluding hydrogens is 234 g/mol. The smallest absolute Gasteiger partial charge is 0.397 e. The lowest BCUT2D eigenvalue weighted by Gasteiger charge is -2.06. The Morgan fingerprint density at radius 1 is 1.22 bits per heavy atom. The number of carbonyl (C=O) groups is 2. The molecule has 0 aliphatic carbocycles. The van der Waals surface area contributed by atoms with Crippen molar-refractivity contribution in [2.75, 3.05) is 19.0 Å². The Bertz CT molecular complexity index is 400. The zero-order valence-electron chi connectivity index (χ0n) is 10.6. The average molecular weight is 251 g/mol. The number of anilines is 1. The Kier molecular flexibility index (Phi) is 5.70. The lowest BCUT2D eigenvalue weighted by atomic mass is 10.3. The summed E-state index contributed by atoms with van der Waals surface area (Å²) in [5, 5.41) is 2.45. The van der Waals surface area contributed by atoms with Crippen LogP contribution in [-0.4, -0.2) is 25.6 Å². The number of esters is 1. The van der Waals surface area contributed by atoms with Crippen LogP contribution in [0, 0.1) is 0 Å². The summed E-state index contributed by atoms with van der Waals surface area (Å²) >= 11 is 0. The van der Waals surface area contributed by atoms with Crippen molar-refractivity contribution in [2.45, 2.75) is 19.8 Å². The molecule has 5 nitrogen and oxygen atoms in total. The largest absolute Gasteiger partial charge is 0.497 e. The number of ether oxygens (including phenoxy) is 2. The molecule has 98 valence electrons. The normalized spacial score (nSPS) is 9.67. The highest BCUT2D eigenvalue weighted by atomic mass is 16.5. The number of hydrogen-bond donors (Lipinski definition) is 1. The molecular formula is C13H17NO4. The van der Waals surface area contributed by atoms with Gasteiger partial charge in [0.15, 0.2) is 0 Å². The molecule has 0 radical (unpaired) electrons. The Hall–Kier alpha value is -2.04. The van der Waals surface area contributed by atoms with Crippen LogP contribution in [0.25, 0.3) is 0 Å². The van der Waals surface area contributed by atoms with Crippen molar-refractivity contribution in [1.29, 1.82) is 0 Å². The molecule has 1 aromatic rings. The van der Waals surface area contributed by atoms with E-state index in [1.165, 1.54) is 0 Å². The van der Waals surface area contributed by atoms with Crippen LogP contribution in [0.5, 0.6) is 5.75 Å². The second-order valence-corrected chi connectivity index (χ2v) is 3.67. The molecule has 1 N–H and O–H groups in total. The zero-order chi connectivity index (χ0) is 13.4. The second kappa shape index (κ2) is 7.32. The molecule has 0 aliphatic rings. The predicted octanol–water partition coefficient (Wildman–Crippen LogP) is 1.98. The van der Waals surface area contributed by atoms with Gasteiger partial charge in [0, 0.05) is 5.69 Å². The summed E-state index contributed by atoms with van der Waals surface area (Å²) in [6.07, 6.45) is 1.66. The van der Waals surface area contributed by atoms with Crippen molar-refractivity contribution in [3.8, 4) is 5.75 Å². The standard InChI is InChI=1S/C13H17NO4/c1-3-4-9-18-13(16)12(15)14-10-5-7-11(17-2)8-6-10/h5-8H,3-4,9H2,1-2H3,(H,14,15). The van der Waals surface area contributed by atoms with E-state index in [0.717, 1.165) is 12.8 Å². The molecule has 0 spiro atoms. The molecule has 0 heterocycles. The molecule has 1 aromatic carbocycles. The highest BCUT2D eigenvalue weighted by Gasteiger charge is 2.14. The Labute approximate surface area is 106 Å². The fourth-order valence-corrected chi connectivity index (χ4v) is 1.23. The number of amides is 1. The summed E-state index contributed by atoms with van der Waals surface area (Å²) in [5.74, 6) is -0.950. The maximum absolute atomic E-state index is 11.4. The van der Waals surface area contributed by atoms with Gasteiger partial charge in [0.2, 0.25) is 0 Å². The molecule has 0 fully saturated rings. The first kappa shape index (κ1) is 14.0. The van der Waals surface area contributed by atoms with Crippen molar-refractivity contribution in [1.82, 2.24) is 0 Å². The van der Waals surface area contributed by atoms with Gasteiger partial charge in [0.05, 0.1) is 13.7 Å². The van der Waals surface area contributed by atoms with Crippen LogP contribution in [0.2, 0.25) is 0 Å². The summed E-state index contributed by atoms with van der Waals surface area (Å²) < 4.78 is 9.77. The third-order valence-corrected chi connectivity index (χ3v) is 2.26. The van der Waals surface area contributed by atoms with Gasteiger partial charge in [0.1, 0.15) is 5.75 Å². The van der Waals surface area contributed by atoms with Crippen molar-refractivity contribution in [2.24, 2.45) is 0 Å². The molecule has 5 heteroatoms. The molecule has 0 aliphatic heterocycles. The summed E-state index contributed by atoms with van der Waals surface area (Å²) in [4.78, 5) is 22.7. The first-order chi connectivity index (χ1) is 8.67. The Balaban J connectivity index is 2.45. The highest BCUT2D eigenvalue weighted by molar-refractivity contribution is 6.37. The molecule has 0 saturated carbocycles. The van der Waals surface area contributed by atoms with Crippen LogP contribution < -0.4 is 10.1 Å². The third-order valence-electron chi connectivity index (χ3n) is 2.26. The summed E-state index contributed by atoms with van der Waals surface area (Å²) in [6, 6.07) is 6.68. The quantitative estimate of drug-likeness (QED) is 0.493. The van der Waals surface area contributed by atoms with Crippen LogP contribution >= 0.6 is 0 Å². The fourth-order valence-electron chi connectivity index (χ4n) is 1.23. The molecule has 18 heavy (non-hydrogen) atoms. The second-order valence-electron chi connectivity index (χ2n) is 3.67. The lowest BCUT2D eigenvalue weighted by Crippen LogP contribution is -2.25. The van der Waals surface area contributed by atoms with Gasteiger partial charge in [-0.05, 0) is 30.7 Å². The average Bonchev–Trinajstić information content (AvgIpc) is 2.39. The van der Waals surface area contributed by atoms with E-state index >= 15 is 0 Å². The third kappa shape index (κ3) is 4.45. The van der Waals surface area contributed by atoms with Crippen LogP contribution in [0.4, 0.5) is 5.69 Å². The minimum Gasteiger partial charge on any atom is -0.497 e. The summed E-state index contributed by atoms with van der Waals surface area (Å²) in [7, 11) is 1.55. The number of hydrogen-bond acceptors (Lipinski definition) is 4. The fraction of sp³-hybridized carbons (Fsp3) is 0.385. The molecule has 1 rings (SSSR count). The van der Waals surface area contributed by atoms with Crippen molar-refractivity contribution in [3.63, 3.8) is 0 Å². The van der Waals surface area contributed by atoms with Gasteiger partial charge in [-0.15, -0.1) is 0 Å². The van der Waals surface area contributed by atoms with Gasteiger partial charge in [-0.1, -0.05) is 13.3 Å². The summed E-state index contributed by atoms with van der Waals surface area (Å²) in [5.41, 5.74) is 0.522. The number of carbonyl (C=O) groups excluding carboxylic acids is 2. The minimum absolute atomic E-state index is 0.269. The van der Waals surface area contributed by atoms with Gasteiger partial charge in [-0.3, -0.25) is 4.79 Å². The molecule has 0 unspecified atom stereocenters. The van der Waals surface area contributed by atoms with Crippen LogP contribution in [0.15, 0.2) is 24.3 Å².